The van der Waals surface area contributed by atoms with Gasteiger partial charge in [0.15, 0.2) is 5.69 Å². The predicted octanol–water partition coefficient (Wildman–Crippen LogP) is 1.40. The molecule has 0 radical (unpaired) electrons. The largest absolute Gasteiger partial charge is 0.476 e. The van der Waals surface area contributed by atoms with Crippen LogP contribution in [0.1, 0.15) is 28.2 Å². The van der Waals surface area contributed by atoms with Crippen LogP contribution in [0.4, 0.5) is 4.39 Å². The highest BCUT2D eigenvalue weighted by molar-refractivity contribution is 7.89. The van der Waals surface area contributed by atoms with Gasteiger partial charge in [0.05, 0.1) is 11.6 Å². The number of halogens is 1. The Morgan fingerprint density at radius 1 is 1.39 bits per heavy atom. The number of rotatable bonds is 7. The third-order valence-electron chi connectivity index (χ3n) is 3.33. The smallest absolute Gasteiger partial charge is 0.356 e. The molecule has 0 saturated heterocycles. The fourth-order valence-corrected chi connectivity index (χ4v) is 3.09. The van der Waals surface area contributed by atoms with Gasteiger partial charge in [-0.3, -0.25) is 0 Å². The minimum absolute atomic E-state index is 0.0866. The van der Waals surface area contributed by atoms with Gasteiger partial charge in [0.1, 0.15) is 5.82 Å². The lowest BCUT2D eigenvalue weighted by atomic mass is 10.2. The number of aromatic carboxylic acids is 1. The Morgan fingerprint density at radius 3 is 2.61 bits per heavy atom. The number of carboxylic acids is 1. The van der Waals surface area contributed by atoms with Crippen molar-refractivity contribution in [3.8, 4) is 0 Å². The van der Waals surface area contributed by atoms with Crippen LogP contribution in [-0.4, -0.2) is 35.6 Å². The van der Waals surface area contributed by atoms with Gasteiger partial charge in [-0.15, -0.1) is 0 Å². The lowest BCUT2D eigenvalue weighted by molar-refractivity contribution is 0.0691. The van der Waals surface area contributed by atoms with Crippen LogP contribution in [0.3, 0.4) is 0 Å². The third-order valence-corrected chi connectivity index (χ3v) is 5.14. The molecule has 1 atom stereocenters. The Labute approximate surface area is 132 Å². The van der Waals surface area contributed by atoms with E-state index in [-0.39, 0.29) is 18.8 Å². The number of nitrogens with one attached hydrogen (secondary N) is 1. The molecule has 0 aliphatic carbocycles. The summed E-state index contributed by atoms with van der Waals surface area (Å²) in [6.07, 6.45) is 2.64. The summed E-state index contributed by atoms with van der Waals surface area (Å²) in [5.74, 6) is -1.57. The highest BCUT2D eigenvalue weighted by atomic mass is 32.2. The molecule has 2 N–H and O–H groups in total. The predicted molar refractivity (Wildman–Crippen MR) is 80.9 cm³/mol. The Balaban J connectivity index is 1.95. The molecule has 2 aromatic rings. The molecule has 2 rings (SSSR count). The van der Waals surface area contributed by atoms with E-state index in [1.54, 1.807) is 0 Å². The van der Waals surface area contributed by atoms with Crippen LogP contribution < -0.4 is 4.72 Å². The molecule has 124 valence electrons. The SMILES string of the molecule is CC(c1ccc(F)cc1)S(=O)(=O)NCCn1cnc(C(=O)O)c1. The van der Waals surface area contributed by atoms with E-state index in [9.17, 15) is 17.6 Å². The zero-order valence-corrected chi connectivity index (χ0v) is 13.1. The molecule has 1 heterocycles. The van der Waals surface area contributed by atoms with Gasteiger partial charge in [-0.1, -0.05) is 12.1 Å². The van der Waals surface area contributed by atoms with Crippen molar-refractivity contribution in [3.05, 3.63) is 53.9 Å². The van der Waals surface area contributed by atoms with Gasteiger partial charge >= 0.3 is 5.97 Å². The average Bonchev–Trinajstić information content (AvgIpc) is 2.96. The summed E-state index contributed by atoms with van der Waals surface area (Å²) in [6, 6.07) is 5.27. The first-order valence-corrected chi connectivity index (χ1v) is 8.33. The van der Waals surface area contributed by atoms with Crippen molar-refractivity contribution >= 4 is 16.0 Å². The monoisotopic (exact) mass is 341 g/mol. The van der Waals surface area contributed by atoms with Gasteiger partial charge in [0.2, 0.25) is 10.0 Å². The zero-order chi connectivity index (χ0) is 17.0. The number of nitrogens with zero attached hydrogens (tertiary/aromatic N) is 2. The second kappa shape index (κ2) is 6.88. The minimum atomic E-state index is -3.63. The molecule has 1 unspecified atom stereocenters. The number of benzene rings is 1. The molecule has 0 aliphatic heterocycles. The summed E-state index contributed by atoms with van der Waals surface area (Å²) in [6.45, 7) is 1.84. The van der Waals surface area contributed by atoms with E-state index in [0.29, 0.717) is 5.56 Å². The number of carboxylic acid groups (broad SMARTS) is 1. The Morgan fingerprint density at radius 2 is 2.04 bits per heavy atom. The molecule has 0 amide bonds. The van der Waals surface area contributed by atoms with Crippen LogP contribution in [0.2, 0.25) is 0 Å². The van der Waals surface area contributed by atoms with Crippen molar-refractivity contribution in [2.24, 2.45) is 0 Å². The number of imidazole rings is 1. The van der Waals surface area contributed by atoms with Gasteiger partial charge < -0.3 is 9.67 Å². The fourth-order valence-electron chi connectivity index (χ4n) is 1.95. The minimum Gasteiger partial charge on any atom is -0.476 e. The van der Waals surface area contributed by atoms with Gasteiger partial charge in [-0.2, -0.15) is 0 Å². The quantitative estimate of drug-likeness (QED) is 0.793. The molecular weight excluding hydrogens is 325 g/mol. The first-order valence-electron chi connectivity index (χ1n) is 6.78. The van der Waals surface area contributed by atoms with Crippen LogP contribution >= 0.6 is 0 Å². The van der Waals surface area contributed by atoms with E-state index < -0.39 is 27.1 Å². The van der Waals surface area contributed by atoms with Crippen LogP contribution in [0.5, 0.6) is 0 Å². The molecule has 23 heavy (non-hydrogen) atoms. The number of carbonyl (C=O) groups is 1. The van der Waals surface area contributed by atoms with Crippen molar-refractivity contribution in [3.63, 3.8) is 0 Å². The molecule has 1 aromatic carbocycles. The molecule has 0 aliphatic rings. The second-order valence-corrected chi connectivity index (χ2v) is 7.02. The van der Waals surface area contributed by atoms with Crippen LogP contribution in [0.15, 0.2) is 36.8 Å². The molecule has 0 fully saturated rings. The fraction of sp³-hybridized carbons (Fsp3) is 0.286. The van der Waals surface area contributed by atoms with Gasteiger partial charge in [-0.25, -0.2) is 27.3 Å². The zero-order valence-electron chi connectivity index (χ0n) is 12.3. The van der Waals surface area contributed by atoms with E-state index in [1.807, 2.05) is 0 Å². The summed E-state index contributed by atoms with van der Waals surface area (Å²) in [5, 5.41) is 7.92. The van der Waals surface area contributed by atoms with E-state index in [1.165, 1.54) is 48.3 Å². The molecule has 7 nitrogen and oxygen atoms in total. The maximum absolute atomic E-state index is 12.9. The standard InChI is InChI=1S/C14H16FN3O4S/c1-10(11-2-4-12(15)5-3-11)23(21,22)17-6-7-18-8-13(14(19)20)16-9-18/h2-5,8-10,17H,6-7H2,1H3,(H,19,20). The molecule has 0 bridgehead atoms. The Kier molecular flexibility index (Phi) is 5.12. The van der Waals surface area contributed by atoms with Crippen LogP contribution in [0, 0.1) is 5.82 Å². The average molecular weight is 341 g/mol. The highest BCUT2D eigenvalue weighted by Crippen LogP contribution is 2.20. The lowest BCUT2D eigenvalue weighted by Crippen LogP contribution is -2.30. The van der Waals surface area contributed by atoms with Crippen molar-refractivity contribution in [1.82, 2.24) is 14.3 Å². The summed E-state index contributed by atoms with van der Waals surface area (Å²) in [5.41, 5.74) is 0.377. The van der Waals surface area contributed by atoms with Gasteiger partial charge in [0, 0.05) is 19.3 Å². The van der Waals surface area contributed by atoms with Crippen molar-refractivity contribution in [2.45, 2.75) is 18.7 Å². The summed E-state index contributed by atoms with van der Waals surface area (Å²) in [4.78, 5) is 14.4. The van der Waals surface area contributed by atoms with Crippen molar-refractivity contribution < 1.29 is 22.7 Å². The molecular formula is C14H16FN3O4S. The number of hydrogen-bond acceptors (Lipinski definition) is 4. The highest BCUT2D eigenvalue weighted by Gasteiger charge is 2.22. The molecule has 9 heteroatoms. The van der Waals surface area contributed by atoms with Gasteiger partial charge in [-0.05, 0) is 24.6 Å². The number of aromatic nitrogens is 2. The molecule has 0 spiro atoms. The summed E-state index contributed by atoms with van der Waals surface area (Å²) in [7, 11) is -3.63. The number of hydrogen-bond donors (Lipinski definition) is 2. The van der Waals surface area contributed by atoms with E-state index in [2.05, 4.69) is 9.71 Å². The van der Waals surface area contributed by atoms with Crippen LogP contribution in [-0.2, 0) is 16.6 Å². The topological polar surface area (TPSA) is 101 Å². The Hall–Kier alpha value is -2.26. The first kappa shape index (κ1) is 17.1. The lowest BCUT2D eigenvalue weighted by Gasteiger charge is -2.14. The first-order chi connectivity index (χ1) is 10.8. The maximum atomic E-state index is 12.9. The van der Waals surface area contributed by atoms with E-state index >= 15 is 0 Å². The van der Waals surface area contributed by atoms with Crippen molar-refractivity contribution in [1.29, 1.82) is 0 Å². The number of sulfonamides is 1. The van der Waals surface area contributed by atoms with Gasteiger partial charge in [0.25, 0.3) is 0 Å². The Bertz CT molecular complexity index is 787. The molecule has 0 saturated carbocycles. The van der Waals surface area contributed by atoms with Crippen LogP contribution in [0.25, 0.3) is 0 Å². The van der Waals surface area contributed by atoms with E-state index in [4.69, 9.17) is 5.11 Å². The van der Waals surface area contributed by atoms with E-state index in [0.717, 1.165) is 0 Å². The summed E-state index contributed by atoms with van der Waals surface area (Å²) >= 11 is 0. The second-order valence-electron chi connectivity index (χ2n) is 4.94. The third kappa shape index (κ3) is 4.36. The molecule has 1 aromatic heterocycles. The normalized spacial score (nSPS) is 13.0. The summed E-state index contributed by atoms with van der Waals surface area (Å²) < 4.78 is 41.2. The van der Waals surface area contributed by atoms with Crippen molar-refractivity contribution in [2.75, 3.05) is 6.54 Å². The maximum Gasteiger partial charge on any atom is 0.356 e.